The molecule has 1 amide bonds. The molecule has 1 heterocycles. The highest BCUT2D eigenvalue weighted by Crippen LogP contribution is 2.25. The third kappa shape index (κ3) is 4.22. The van der Waals surface area contributed by atoms with E-state index in [0.29, 0.717) is 11.5 Å². The number of benzene rings is 2. The summed E-state index contributed by atoms with van der Waals surface area (Å²) in [6.07, 6.45) is 5.36. The average molecular weight is 351 g/mol. The van der Waals surface area contributed by atoms with Crippen LogP contribution in [0.2, 0.25) is 0 Å². The van der Waals surface area contributed by atoms with Crippen LogP contribution in [0.4, 0.5) is 0 Å². The molecule has 6 heteroatoms. The van der Waals surface area contributed by atoms with Crippen LogP contribution in [0.1, 0.15) is 18.5 Å². The molecule has 1 N–H and O–H groups in total. The van der Waals surface area contributed by atoms with E-state index < -0.39 is 0 Å². The van der Waals surface area contributed by atoms with E-state index >= 15 is 0 Å². The molecular weight excluding hydrogens is 330 g/mol. The number of hydrogen-bond donors (Lipinski definition) is 1. The summed E-state index contributed by atoms with van der Waals surface area (Å²) in [6, 6.07) is 15.1. The van der Waals surface area contributed by atoms with Crippen molar-refractivity contribution in [1.82, 2.24) is 14.9 Å². The number of methoxy groups -OCH3 is 1. The van der Waals surface area contributed by atoms with Gasteiger partial charge in [-0.3, -0.25) is 4.79 Å². The lowest BCUT2D eigenvalue weighted by molar-refractivity contribution is -0.123. The first-order chi connectivity index (χ1) is 12.7. The van der Waals surface area contributed by atoms with Gasteiger partial charge in [0.25, 0.3) is 5.91 Å². The zero-order valence-electron chi connectivity index (χ0n) is 14.8. The Morgan fingerprint density at radius 1 is 1.15 bits per heavy atom. The lowest BCUT2D eigenvalue weighted by Gasteiger charge is -2.16. The largest absolute Gasteiger partial charge is 0.493 e. The maximum atomic E-state index is 12.2. The SMILES string of the molecule is COc1ccccc1OCC(=O)N[C@@H](C)c1ccc(-n2ccnc2)cc1. The molecule has 0 spiro atoms. The van der Waals surface area contributed by atoms with Crippen molar-refractivity contribution in [3.05, 3.63) is 72.8 Å². The van der Waals surface area contributed by atoms with Gasteiger partial charge in [0, 0.05) is 18.1 Å². The Morgan fingerprint density at radius 3 is 2.54 bits per heavy atom. The predicted octanol–water partition coefficient (Wildman–Crippen LogP) is 3.14. The zero-order chi connectivity index (χ0) is 18.4. The van der Waals surface area contributed by atoms with Gasteiger partial charge in [0.2, 0.25) is 0 Å². The second kappa shape index (κ2) is 8.20. The van der Waals surface area contributed by atoms with E-state index in [1.54, 1.807) is 31.8 Å². The van der Waals surface area contributed by atoms with Gasteiger partial charge in [-0.1, -0.05) is 24.3 Å². The lowest BCUT2D eigenvalue weighted by atomic mass is 10.1. The number of amides is 1. The first-order valence-electron chi connectivity index (χ1n) is 8.31. The van der Waals surface area contributed by atoms with Crippen LogP contribution in [-0.2, 0) is 4.79 Å². The standard InChI is InChI=1S/C20H21N3O3/c1-15(16-7-9-17(10-8-16)23-12-11-21-14-23)22-20(24)13-26-19-6-4-3-5-18(19)25-2/h3-12,14-15H,13H2,1-2H3,(H,22,24)/t15-/m0/s1. The summed E-state index contributed by atoms with van der Waals surface area (Å²) in [6.45, 7) is 1.87. The van der Waals surface area contributed by atoms with Crippen LogP contribution in [-0.4, -0.2) is 29.2 Å². The molecule has 3 aromatic rings. The maximum Gasteiger partial charge on any atom is 0.258 e. The van der Waals surface area contributed by atoms with Gasteiger partial charge in [0.15, 0.2) is 18.1 Å². The van der Waals surface area contributed by atoms with Gasteiger partial charge in [0.1, 0.15) is 0 Å². The minimum atomic E-state index is -0.193. The molecule has 1 aromatic heterocycles. The lowest BCUT2D eigenvalue weighted by Crippen LogP contribution is -2.31. The van der Waals surface area contributed by atoms with Crippen molar-refractivity contribution in [2.45, 2.75) is 13.0 Å². The zero-order valence-corrected chi connectivity index (χ0v) is 14.8. The van der Waals surface area contributed by atoms with Gasteiger partial charge in [-0.15, -0.1) is 0 Å². The van der Waals surface area contributed by atoms with Gasteiger partial charge in [-0.05, 0) is 36.8 Å². The number of ether oxygens (including phenoxy) is 2. The first-order valence-corrected chi connectivity index (χ1v) is 8.31. The summed E-state index contributed by atoms with van der Waals surface area (Å²) in [5.74, 6) is 0.952. The number of nitrogens with zero attached hydrogens (tertiary/aromatic N) is 2. The summed E-state index contributed by atoms with van der Waals surface area (Å²) in [5, 5.41) is 2.93. The van der Waals surface area contributed by atoms with E-state index in [1.807, 2.05) is 54.1 Å². The number of carbonyl (C=O) groups is 1. The average Bonchev–Trinajstić information content (AvgIpc) is 3.21. The Hall–Kier alpha value is -3.28. The van der Waals surface area contributed by atoms with Crippen molar-refractivity contribution >= 4 is 5.91 Å². The van der Waals surface area contributed by atoms with Crippen LogP contribution in [0.15, 0.2) is 67.3 Å². The van der Waals surface area contributed by atoms with Crippen molar-refractivity contribution < 1.29 is 14.3 Å². The molecule has 0 aliphatic heterocycles. The van der Waals surface area contributed by atoms with E-state index in [0.717, 1.165) is 11.3 Å². The Morgan fingerprint density at radius 2 is 1.88 bits per heavy atom. The number of hydrogen-bond acceptors (Lipinski definition) is 4. The van der Waals surface area contributed by atoms with E-state index in [9.17, 15) is 4.79 Å². The normalized spacial score (nSPS) is 11.6. The summed E-state index contributed by atoms with van der Waals surface area (Å²) in [4.78, 5) is 16.2. The second-order valence-electron chi connectivity index (χ2n) is 5.79. The Kier molecular flexibility index (Phi) is 5.53. The molecule has 1 atom stereocenters. The molecule has 0 unspecified atom stereocenters. The van der Waals surface area contributed by atoms with Gasteiger partial charge in [0.05, 0.1) is 19.5 Å². The molecular formula is C20H21N3O3. The molecule has 0 radical (unpaired) electrons. The molecule has 0 fully saturated rings. The fraction of sp³-hybridized carbons (Fsp3) is 0.200. The Bertz CT molecular complexity index is 845. The minimum Gasteiger partial charge on any atom is -0.493 e. The topological polar surface area (TPSA) is 65.4 Å². The van der Waals surface area contributed by atoms with Gasteiger partial charge >= 0.3 is 0 Å². The van der Waals surface area contributed by atoms with Crippen LogP contribution in [0.3, 0.4) is 0 Å². The fourth-order valence-corrected chi connectivity index (χ4v) is 2.59. The summed E-state index contributed by atoms with van der Waals surface area (Å²) >= 11 is 0. The third-order valence-corrected chi connectivity index (χ3v) is 4.00. The first kappa shape index (κ1) is 17.5. The van der Waals surface area contributed by atoms with Crippen molar-refractivity contribution in [2.75, 3.05) is 13.7 Å². The monoisotopic (exact) mass is 351 g/mol. The Labute approximate surface area is 152 Å². The fourth-order valence-electron chi connectivity index (χ4n) is 2.59. The third-order valence-electron chi connectivity index (χ3n) is 4.00. The number of rotatable bonds is 7. The van der Waals surface area contributed by atoms with E-state index in [2.05, 4.69) is 10.3 Å². The van der Waals surface area contributed by atoms with Crippen molar-refractivity contribution in [2.24, 2.45) is 0 Å². The highest BCUT2D eigenvalue weighted by molar-refractivity contribution is 5.78. The molecule has 26 heavy (non-hydrogen) atoms. The number of para-hydroxylation sites is 2. The molecule has 134 valence electrons. The van der Waals surface area contributed by atoms with Crippen molar-refractivity contribution in [3.63, 3.8) is 0 Å². The van der Waals surface area contributed by atoms with E-state index in [1.165, 1.54) is 0 Å². The quantitative estimate of drug-likeness (QED) is 0.710. The Balaban J connectivity index is 1.55. The van der Waals surface area contributed by atoms with Crippen LogP contribution in [0.25, 0.3) is 5.69 Å². The molecule has 0 aliphatic carbocycles. The van der Waals surface area contributed by atoms with Gasteiger partial charge in [-0.2, -0.15) is 0 Å². The number of aromatic nitrogens is 2. The molecule has 0 aliphatic rings. The van der Waals surface area contributed by atoms with Crippen LogP contribution >= 0.6 is 0 Å². The molecule has 6 nitrogen and oxygen atoms in total. The predicted molar refractivity (Wildman–Crippen MR) is 98.6 cm³/mol. The van der Waals surface area contributed by atoms with Crippen molar-refractivity contribution in [3.8, 4) is 17.2 Å². The van der Waals surface area contributed by atoms with E-state index in [-0.39, 0.29) is 18.6 Å². The molecule has 2 aromatic carbocycles. The van der Waals surface area contributed by atoms with Crippen LogP contribution in [0.5, 0.6) is 11.5 Å². The number of nitrogens with one attached hydrogen (secondary N) is 1. The highest BCUT2D eigenvalue weighted by Gasteiger charge is 2.11. The van der Waals surface area contributed by atoms with Crippen LogP contribution in [0, 0.1) is 0 Å². The molecule has 0 bridgehead atoms. The van der Waals surface area contributed by atoms with Gasteiger partial charge < -0.3 is 19.4 Å². The molecule has 3 rings (SSSR count). The summed E-state index contributed by atoms with van der Waals surface area (Å²) < 4.78 is 12.7. The van der Waals surface area contributed by atoms with Crippen LogP contribution < -0.4 is 14.8 Å². The number of imidazole rings is 1. The summed E-state index contributed by atoms with van der Waals surface area (Å²) in [5.41, 5.74) is 2.03. The smallest absolute Gasteiger partial charge is 0.258 e. The van der Waals surface area contributed by atoms with Crippen molar-refractivity contribution in [1.29, 1.82) is 0 Å². The molecule has 0 saturated heterocycles. The maximum absolute atomic E-state index is 12.2. The highest BCUT2D eigenvalue weighted by atomic mass is 16.5. The summed E-state index contributed by atoms with van der Waals surface area (Å²) in [7, 11) is 1.57. The van der Waals surface area contributed by atoms with E-state index in [4.69, 9.17) is 9.47 Å². The second-order valence-corrected chi connectivity index (χ2v) is 5.79. The number of carbonyl (C=O) groups excluding carboxylic acids is 1. The molecule has 0 saturated carbocycles. The van der Waals surface area contributed by atoms with Gasteiger partial charge in [-0.25, -0.2) is 4.98 Å². The minimum absolute atomic E-state index is 0.0716.